The van der Waals surface area contributed by atoms with Crippen molar-refractivity contribution in [3.8, 4) is 0 Å². The van der Waals surface area contributed by atoms with Gasteiger partial charge in [-0.2, -0.15) is 0 Å². The summed E-state index contributed by atoms with van der Waals surface area (Å²) in [6.45, 7) is 1.31. The molecule has 0 bridgehead atoms. The molecule has 1 rings (SSSR count). The van der Waals surface area contributed by atoms with Crippen molar-refractivity contribution >= 4 is 30.7 Å². The molecule has 4 nitrogen and oxygen atoms in total. The normalized spacial score (nSPS) is 11.3. The highest BCUT2D eigenvalue weighted by atomic mass is 35.5. The fourth-order valence-corrected chi connectivity index (χ4v) is 2.04. The first-order chi connectivity index (χ1) is 9.54. The summed E-state index contributed by atoms with van der Waals surface area (Å²) in [5.74, 6) is -0.224. The van der Waals surface area contributed by atoms with Crippen LogP contribution in [0.15, 0.2) is 24.3 Å². The van der Waals surface area contributed by atoms with Gasteiger partial charge >= 0.3 is 0 Å². The molecule has 0 radical (unpaired) electrons. The fourth-order valence-electron chi connectivity index (χ4n) is 2.04. The van der Waals surface area contributed by atoms with Gasteiger partial charge in [0.05, 0.1) is 6.04 Å². The number of halogens is 3. The first kappa shape index (κ1) is 23.4. The Morgan fingerprint density at radius 3 is 2.55 bits per heavy atom. The summed E-state index contributed by atoms with van der Waals surface area (Å²) in [4.78, 5) is 13.7. The second kappa shape index (κ2) is 12.6. The molecule has 1 aromatic rings. The Labute approximate surface area is 144 Å². The van der Waals surface area contributed by atoms with E-state index in [4.69, 9.17) is 0 Å². The van der Waals surface area contributed by atoms with Crippen LogP contribution >= 0.6 is 24.8 Å². The fraction of sp³-hybridized carbons (Fsp3) is 0.533. The quantitative estimate of drug-likeness (QED) is 0.705. The van der Waals surface area contributed by atoms with Crippen LogP contribution in [0.4, 0.5) is 4.39 Å². The summed E-state index contributed by atoms with van der Waals surface area (Å²) in [5.41, 5.74) is 0.866. The molecule has 7 heteroatoms. The third-order valence-corrected chi connectivity index (χ3v) is 3.18. The highest BCUT2D eigenvalue weighted by Gasteiger charge is 2.15. The number of carbonyl (C=O) groups is 1. The number of hydrogen-bond acceptors (Lipinski definition) is 3. The molecule has 0 aliphatic rings. The second-order valence-electron chi connectivity index (χ2n) is 5.05. The Balaban J connectivity index is 0. The van der Waals surface area contributed by atoms with Crippen LogP contribution in [0.2, 0.25) is 0 Å². The highest BCUT2D eigenvalue weighted by Crippen LogP contribution is 2.18. The third kappa shape index (κ3) is 8.54. The minimum atomic E-state index is -0.255. The Bertz CT molecular complexity index is 433. The number of rotatable bonds is 8. The molecule has 1 atom stereocenters. The minimum absolute atomic E-state index is 0. The lowest BCUT2D eigenvalue weighted by molar-refractivity contribution is -0.121. The summed E-state index contributed by atoms with van der Waals surface area (Å²) in [6, 6.07) is 6.47. The van der Waals surface area contributed by atoms with Crippen LogP contribution in [0.5, 0.6) is 0 Å². The Kier molecular flexibility index (Phi) is 13.4. The Morgan fingerprint density at radius 2 is 2.00 bits per heavy atom. The predicted molar refractivity (Wildman–Crippen MR) is 93.5 cm³/mol. The molecular weight excluding hydrogens is 328 g/mol. The van der Waals surface area contributed by atoms with Crippen molar-refractivity contribution in [2.75, 3.05) is 34.2 Å². The second-order valence-corrected chi connectivity index (χ2v) is 5.05. The molecule has 0 spiro atoms. The lowest BCUT2D eigenvalue weighted by Gasteiger charge is -2.25. The molecule has 0 saturated heterocycles. The van der Waals surface area contributed by atoms with Gasteiger partial charge in [0.2, 0.25) is 5.91 Å². The van der Waals surface area contributed by atoms with E-state index in [0.29, 0.717) is 13.0 Å². The average Bonchev–Trinajstić information content (AvgIpc) is 2.39. The van der Waals surface area contributed by atoms with E-state index in [0.717, 1.165) is 18.5 Å². The number of amides is 1. The van der Waals surface area contributed by atoms with Crippen molar-refractivity contribution in [1.29, 1.82) is 0 Å². The van der Waals surface area contributed by atoms with Crippen LogP contribution in [0, 0.1) is 5.82 Å². The molecule has 0 aliphatic carbocycles. The summed E-state index contributed by atoms with van der Waals surface area (Å²) >= 11 is 0. The van der Waals surface area contributed by atoms with Crippen LogP contribution in [-0.2, 0) is 4.79 Å². The molecular formula is C15H26Cl2FN3O. The smallest absolute Gasteiger partial charge is 0.220 e. The van der Waals surface area contributed by atoms with E-state index < -0.39 is 0 Å². The van der Waals surface area contributed by atoms with E-state index in [1.807, 2.05) is 32.1 Å². The molecule has 0 heterocycles. The highest BCUT2D eigenvalue weighted by molar-refractivity contribution is 5.85. The molecule has 22 heavy (non-hydrogen) atoms. The summed E-state index contributed by atoms with van der Waals surface area (Å²) in [7, 11) is 5.70. The molecule has 128 valence electrons. The van der Waals surface area contributed by atoms with Crippen molar-refractivity contribution < 1.29 is 9.18 Å². The van der Waals surface area contributed by atoms with Gasteiger partial charge in [-0.1, -0.05) is 12.1 Å². The van der Waals surface area contributed by atoms with Gasteiger partial charge in [0.25, 0.3) is 0 Å². The maximum Gasteiger partial charge on any atom is 0.220 e. The van der Waals surface area contributed by atoms with Gasteiger partial charge in [-0.25, -0.2) is 4.39 Å². The van der Waals surface area contributed by atoms with E-state index in [2.05, 4.69) is 10.6 Å². The van der Waals surface area contributed by atoms with E-state index in [1.54, 1.807) is 6.07 Å². The van der Waals surface area contributed by atoms with Crippen molar-refractivity contribution in [2.24, 2.45) is 0 Å². The zero-order valence-electron chi connectivity index (χ0n) is 13.3. The van der Waals surface area contributed by atoms with Gasteiger partial charge in [0.1, 0.15) is 5.82 Å². The standard InChI is InChI=1S/C15H24FN3O.2ClH/c1-17-9-5-8-15(20)18-11-14(19(2)3)12-6-4-7-13(16)10-12;;/h4,6-7,10,14,17H,5,8-9,11H2,1-3H3,(H,18,20);2*1H. The molecule has 0 fully saturated rings. The maximum atomic E-state index is 13.3. The van der Waals surface area contributed by atoms with Gasteiger partial charge in [0, 0.05) is 13.0 Å². The Morgan fingerprint density at radius 1 is 1.32 bits per heavy atom. The largest absolute Gasteiger partial charge is 0.354 e. The minimum Gasteiger partial charge on any atom is -0.354 e. The number of benzene rings is 1. The molecule has 1 aromatic carbocycles. The van der Waals surface area contributed by atoms with Crippen LogP contribution in [0.1, 0.15) is 24.4 Å². The van der Waals surface area contributed by atoms with Crippen molar-refractivity contribution in [3.05, 3.63) is 35.6 Å². The zero-order chi connectivity index (χ0) is 15.0. The van der Waals surface area contributed by atoms with Crippen molar-refractivity contribution in [1.82, 2.24) is 15.5 Å². The average molecular weight is 354 g/mol. The molecule has 0 aliphatic heterocycles. The lowest BCUT2D eigenvalue weighted by atomic mass is 10.1. The maximum absolute atomic E-state index is 13.3. The molecule has 1 unspecified atom stereocenters. The van der Waals surface area contributed by atoms with Crippen LogP contribution < -0.4 is 10.6 Å². The summed E-state index contributed by atoms with van der Waals surface area (Å²) in [6.07, 6.45) is 1.32. The number of likely N-dealkylation sites (N-methyl/N-ethyl adjacent to an activating group) is 1. The predicted octanol–water partition coefficient (Wildman–Crippen LogP) is 2.39. The SMILES string of the molecule is CNCCCC(=O)NCC(c1cccc(F)c1)N(C)C.Cl.Cl. The topological polar surface area (TPSA) is 44.4 Å². The molecule has 0 saturated carbocycles. The number of nitrogens with one attached hydrogen (secondary N) is 2. The van der Waals surface area contributed by atoms with Crippen LogP contribution in [0.25, 0.3) is 0 Å². The zero-order valence-corrected chi connectivity index (χ0v) is 14.9. The first-order valence-corrected chi connectivity index (χ1v) is 6.87. The lowest BCUT2D eigenvalue weighted by Crippen LogP contribution is -2.34. The van der Waals surface area contributed by atoms with Crippen LogP contribution in [-0.4, -0.2) is 45.0 Å². The van der Waals surface area contributed by atoms with E-state index >= 15 is 0 Å². The van der Waals surface area contributed by atoms with Gasteiger partial charge < -0.3 is 15.5 Å². The van der Waals surface area contributed by atoms with E-state index in [1.165, 1.54) is 12.1 Å². The molecule has 2 N–H and O–H groups in total. The monoisotopic (exact) mass is 353 g/mol. The van der Waals surface area contributed by atoms with E-state index in [9.17, 15) is 9.18 Å². The first-order valence-electron chi connectivity index (χ1n) is 6.87. The van der Waals surface area contributed by atoms with Gasteiger partial charge in [-0.3, -0.25) is 4.79 Å². The van der Waals surface area contributed by atoms with Gasteiger partial charge in [0.15, 0.2) is 0 Å². The summed E-state index contributed by atoms with van der Waals surface area (Å²) in [5, 5.41) is 5.92. The van der Waals surface area contributed by atoms with E-state index in [-0.39, 0.29) is 42.6 Å². The van der Waals surface area contributed by atoms with Gasteiger partial charge in [-0.15, -0.1) is 24.8 Å². The van der Waals surface area contributed by atoms with Crippen LogP contribution in [0.3, 0.4) is 0 Å². The summed E-state index contributed by atoms with van der Waals surface area (Å²) < 4.78 is 13.3. The van der Waals surface area contributed by atoms with Crippen molar-refractivity contribution in [3.63, 3.8) is 0 Å². The molecule has 0 aromatic heterocycles. The number of hydrogen-bond donors (Lipinski definition) is 2. The third-order valence-electron chi connectivity index (χ3n) is 3.18. The number of nitrogens with zero attached hydrogens (tertiary/aromatic N) is 1. The molecule has 1 amide bonds. The number of carbonyl (C=O) groups excluding carboxylic acids is 1. The van der Waals surface area contributed by atoms with Crippen molar-refractivity contribution in [2.45, 2.75) is 18.9 Å². The Hall–Kier alpha value is -0.880. The van der Waals surface area contributed by atoms with Gasteiger partial charge in [-0.05, 0) is 51.8 Å².